The van der Waals surface area contributed by atoms with Gasteiger partial charge in [0.25, 0.3) is 0 Å². The third kappa shape index (κ3) is 1.78. The van der Waals surface area contributed by atoms with Crippen LogP contribution in [0, 0.1) is 0 Å². The molecule has 0 amide bonds. The van der Waals surface area contributed by atoms with Crippen LogP contribution in [0.3, 0.4) is 0 Å². The monoisotopic (exact) mass is 116 g/mol. The molecular weight excluding hydrogens is 104 g/mol. The molecule has 0 radical (unpaired) electrons. The number of rotatable bonds is 0. The van der Waals surface area contributed by atoms with E-state index in [1.807, 2.05) is 7.05 Å². The van der Waals surface area contributed by atoms with Crippen molar-refractivity contribution in [3.63, 3.8) is 0 Å². The lowest BCUT2D eigenvalue weighted by molar-refractivity contribution is 0.0586. The van der Waals surface area contributed by atoms with E-state index in [0.717, 1.165) is 19.8 Å². The molecule has 3 heteroatoms. The molecule has 0 aromatic carbocycles. The molecule has 0 aromatic heterocycles. The van der Waals surface area contributed by atoms with Crippen LogP contribution in [0.15, 0.2) is 0 Å². The SMILES string of the molecule is CN1CCNCOC1. The van der Waals surface area contributed by atoms with Gasteiger partial charge < -0.3 is 4.74 Å². The number of nitrogens with one attached hydrogen (secondary N) is 1. The first-order valence-electron chi connectivity index (χ1n) is 2.86. The van der Waals surface area contributed by atoms with Gasteiger partial charge >= 0.3 is 0 Å². The summed E-state index contributed by atoms with van der Waals surface area (Å²) in [4.78, 5) is 2.14. The van der Waals surface area contributed by atoms with Crippen molar-refractivity contribution in [2.75, 3.05) is 33.6 Å². The average Bonchev–Trinajstić information content (AvgIpc) is 1.94. The van der Waals surface area contributed by atoms with Crippen LogP contribution in [-0.4, -0.2) is 38.5 Å². The maximum atomic E-state index is 5.12. The van der Waals surface area contributed by atoms with Gasteiger partial charge in [0.05, 0.1) is 6.73 Å². The highest BCUT2D eigenvalue weighted by Gasteiger charge is 2.00. The van der Waals surface area contributed by atoms with Gasteiger partial charge in [-0.05, 0) is 7.05 Å². The van der Waals surface area contributed by atoms with Crippen LogP contribution in [0.2, 0.25) is 0 Å². The number of ether oxygens (including phenoxy) is 1. The van der Waals surface area contributed by atoms with Crippen LogP contribution in [0.25, 0.3) is 0 Å². The van der Waals surface area contributed by atoms with Gasteiger partial charge in [0.15, 0.2) is 0 Å². The first-order valence-corrected chi connectivity index (χ1v) is 2.86. The normalized spacial score (nSPS) is 25.1. The molecule has 8 heavy (non-hydrogen) atoms. The summed E-state index contributed by atoms with van der Waals surface area (Å²) in [5.41, 5.74) is 0. The van der Waals surface area contributed by atoms with E-state index in [-0.39, 0.29) is 0 Å². The highest BCUT2D eigenvalue weighted by Crippen LogP contribution is 1.85. The maximum Gasteiger partial charge on any atom is 0.101 e. The first kappa shape index (κ1) is 6.01. The Labute approximate surface area is 49.6 Å². The molecule has 1 N–H and O–H groups in total. The van der Waals surface area contributed by atoms with Crippen molar-refractivity contribution < 1.29 is 4.74 Å². The second-order valence-corrected chi connectivity index (χ2v) is 2.06. The van der Waals surface area contributed by atoms with Crippen LogP contribution < -0.4 is 5.32 Å². The zero-order chi connectivity index (χ0) is 5.82. The average molecular weight is 116 g/mol. The van der Waals surface area contributed by atoms with Crippen molar-refractivity contribution in [2.24, 2.45) is 0 Å². The van der Waals surface area contributed by atoms with E-state index in [1.54, 1.807) is 0 Å². The Kier molecular flexibility index (Phi) is 2.27. The van der Waals surface area contributed by atoms with Crippen LogP contribution in [0.5, 0.6) is 0 Å². The molecule has 1 aliphatic heterocycles. The van der Waals surface area contributed by atoms with E-state index < -0.39 is 0 Å². The molecule has 0 atom stereocenters. The molecule has 1 aliphatic rings. The third-order valence-electron chi connectivity index (χ3n) is 1.19. The Morgan fingerprint density at radius 3 is 3.38 bits per heavy atom. The molecule has 1 rings (SSSR count). The molecule has 1 saturated heterocycles. The number of nitrogens with zero attached hydrogens (tertiary/aromatic N) is 1. The standard InChI is InChI=1S/C5H12N2O/c1-7-3-2-6-4-8-5-7/h6H,2-5H2,1H3. The molecule has 0 unspecified atom stereocenters. The Morgan fingerprint density at radius 2 is 2.50 bits per heavy atom. The first-order chi connectivity index (χ1) is 3.89. The summed E-state index contributed by atoms with van der Waals surface area (Å²) in [5, 5.41) is 3.11. The smallest absolute Gasteiger partial charge is 0.101 e. The highest BCUT2D eigenvalue weighted by molar-refractivity contribution is 4.51. The second-order valence-electron chi connectivity index (χ2n) is 2.06. The molecule has 48 valence electrons. The minimum absolute atomic E-state index is 0.699. The second kappa shape index (κ2) is 3.02. The lowest BCUT2D eigenvalue weighted by Gasteiger charge is -2.09. The van der Waals surface area contributed by atoms with Gasteiger partial charge in [0.2, 0.25) is 0 Å². The van der Waals surface area contributed by atoms with E-state index in [1.165, 1.54) is 0 Å². The topological polar surface area (TPSA) is 24.5 Å². The zero-order valence-electron chi connectivity index (χ0n) is 5.18. The number of hydrogen-bond acceptors (Lipinski definition) is 3. The Balaban J connectivity index is 2.17. The predicted molar refractivity (Wildman–Crippen MR) is 31.5 cm³/mol. The molecule has 0 bridgehead atoms. The van der Waals surface area contributed by atoms with Gasteiger partial charge in [-0.25, -0.2) is 0 Å². The van der Waals surface area contributed by atoms with Gasteiger partial charge in [0.1, 0.15) is 6.73 Å². The lowest BCUT2D eigenvalue weighted by atomic mass is 10.6. The summed E-state index contributed by atoms with van der Waals surface area (Å²) in [5.74, 6) is 0. The molecule has 0 spiro atoms. The summed E-state index contributed by atoms with van der Waals surface area (Å²) < 4.78 is 5.12. The van der Waals surface area contributed by atoms with E-state index >= 15 is 0 Å². The lowest BCUT2D eigenvalue weighted by Crippen LogP contribution is -2.23. The van der Waals surface area contributed by atoms with Crippen LogP contribution in [0.4, 0.5) is 0 Å². The molecule has 0 saturated carbocycles. The summed E-state index contributed by atoms with van der Waals surface area (Å²) in [6, 6.07) is 0. The molecule has 1 fully saturated rings. The molecule has 0 aliphatic carbocycles. The number of likely N-dealkylation sites (N-methyl/N-ethyl adjacent to an activating group) is 1. The van der Waals surface area contributed by atoms with E-state index in [9.17, 15) is 0 Å². The van der Waals surface area contributed by atoms with Gasteiger partial charge in [-0.15, -0.1) is 0 Å². The fraction of sp³-hybridized carbons (Fsp3) is 1.00. The minimum atomic E-state index is 0.699. The van der Waals surface area contributed by atoms with E-state index in [2.05, 4.69) is 10.2 Å². The molecule has 3 nitrogen and oxygen atoms in total. The summed E-state index contributed by atoms with van der Waals surface area (Å²) >= 11 is 0. The highest BCUT2D eigenvalue weighted by atomic mass is 16.5. The Hall–Kier alpha value is -0.120. The fourth-order valence-electron chi connectivity index (χ4n) is 0.680. The Morgan fingerprint density at radius 1 is 1.62 bits per heavy atom. The number of hydrogen-bond donors (Lipinski definition) is 1. The molecular formula is C5H12N2O. The van der Waals surface area contributed by atoms with Crippen LogP contribution in [0.1, 0.15) is 0 Å². The third-order valence-corrected chi connectivity index (χ3v) is 1.19. The van der Waals surface area contributed by atoms with Crippen molar-refractivity contribution in [3.8, 4) is 0 Å². The minimum Gasteiger partial charge on any atom is -0.351 e. The van der Waals surface area contributed by atoms with Crippen molar-refractivity contribution in [3.05, 3.63) is 0 Å². The quantitative estimate of drug-likeness (QED) is 0.459. The fourth-order valence-corrected chi connectivity index (χ4v) is 0.680. The van der Waals surface area contributed by atoms with Crippen molar-refractivity contribution in [1.82, 2.24) is 10.2 Å². The van der Waals surface area contributed by atoms with Gasteiger partial charge in [-0.1, -0.05) is 0 Å². The summed E-state index contributed by atoms with van der Waals surface area (Å²) in [6.07, 6.45) is 0. The molecule has 1 heterocycles. The maximum absolute atomic E-state index is 5.12. The van der Waals surface area contributed by atoms with Gasteiger partial charge in [-0.3, -0.25) is 10.2 Å². The van der Waals surface area contributed by atoms with E-state index in [4.69, 9.17) is 4.74 Å². The summed E-state index contributed by atoms with van der Waals surface area (Å²) in [6.45, 7) is 3.58. The predicted octanol–water partition coefficient (Wildman–Crippen LogP) is -0.547. The van der Waals surface area contributed by atoms with Crippen molar-refractivity contribution in [1.29, 1.82) is 0 Å². The van der Waals surface area contributed by atoms with Crippen LogP contribution in [-0.2, 0) is 4.74 Å². The zero-order valence-corrected chi connectivity index (χ0v) is 5.18. The molecule has 0 aromatic rings. The van der Waals surface area contributed by atoms with Crippen LogP contribution >= 0.6 is 0 Å². The largest absolute Gasteiger partial charge is 0.351 e. The van der Waals surface area contributed by atoms with Gasteiger partial charge in [0, 0.05) is 13.1 Å². The summed E-state index contributed by atoms with van der Waals surface area (Å²) in [7, 11) is 2.05. The van der Waals surface area contributed by atoms with E-state index in [0.29, 0.717) is 6.73 Å². The van der Waals surface area contributed by atoms with Crippen molar-refractivity contribution in [2.45, 2.75) is 0 Å². The van der Waals surface area contributed by atoms with Crippen molar-refractivity contribution >= 4 is 0 Å². The van der Waals surface area contributed by atoms with Gasteiger partial charge in [-0.2, -0.15) is 0 Å². The Bertz CT molecular complexity index is 59.4.